The molecule has 7 heteroatoms. The van der Waals surface area contributed by atoms with E-state index in [0.29, 0.717) is 29.2 Å². The van der Waals surface area contributed by atoms with Gasteiger partial charge in [-0.15, -0.1) is 0 Å². The molecule has 126 valence electrons. The van der Waals surface area contributed by atoms with Crippen molar-refractivity contribution >= 4 is 28.1 Å². The Labute approximate surface area is 148 Å². The van der Waals surface area contributed by atoms with E-state index in [-0.39, 0.29) is 5.75 Å². The van der Waals surface area contributed by atoms with Gasteiger partial charge in [0.05, 0.1) is 25.5 Å². The first-order valence-corrected chi connectivity index (χ1v) is 7.97. The first-order valence-electron chi connectivity index (χ1n) is 7.18. The Kier molecular flexibility index (Phi) is 6.20. The Balaban J connectivity index is 2.07. The van der Waals surface area contributed by atoms with Gasteiger partial charge in [-0.3, -0.25) is 4.79 Å². The van der Waals surface area contributed by atoms with Crippen LogP contribution in [0.2, 0.25) is 0 Å². The molecule has 0 saturated heterocycles. The van der Waals surface area contributed by atoms with Gasteiger partial charge in [0, 0.05) is 4.47 Å². The summed E-state index contributed by atoms with van der Waals surface area (Å²) in [7, 11) is 1.49. The molecular formula is C17H17BrN2O4. The van der Waals surface area contributed by atoms with Crippen molar-refractivity contribution in [2.45, 2.75) is 6.92 Å². The molecule has 2 N–H and O–H groups in total. The molecule has 2 aromatic rings. The maximum atomic E-state index is 12.2. The molecule has 2 rings (SSSR count). The monoisotopic (exact) mass is 392 g/mol. The van der Waals surface area contributed by atoms with Crippen LogP contribution in [0.15, 0.2) is 46.0 Å². The van der Waals surface area contributed by atoms with Gasteiger partial charge in [-0.1, -0.05) is 15.9 Å². The number of phenols is 1. The van der Waals surface area contributed by atoms with Crippen LogP contribution in [0.5, 0.6) is 17.2 Å². The molecule has 0 aliphatic heterocycles. The molecule has 0 bridgehead atoms. The number of halogens is 1. The Morgan fingerprint density at radius 2 is 2.04 bits per heavy atom. The van der Waals surface area contributed by atoms with Crippen LogP contribution in [0.3, 0.4) is 0 Å². The van der Waals surface area contributed by atoms with E-state index in [1.807, 2.05) is 6.92 Å². The van der Waals surface area contributed by atoms with Crippen molar-refractivity contribution in [2.24, 2.45) is 5.10 Å². The number of hydrogen-bond acceptors (Lipinski definition) is 5. The van der Waals surface area contributed by atoms with Gasteiger partial charge in [0.1, 0.15) is 5.75 Å². The van der Waals surface area contributed by atoms with Crippen molar-refractivity contribution in [3.63, 3.8) is 0 Å². The molecule has 0 unspecified atom stereocenters. The first kappa shape index (κ1) is 17.8. The lowest BCUT2D eigenvalue weighted by Crippen LogP contribution is -2.18. The van der Waals surface area contributed by atoms with E-state index in [1.165, 1.54) is 19.4 Å². The van der Waals surface area contributed by atoms with Crippen LogP contribution in [0.25, 0.3) is 0 Å². The SMILES string of the molecule is CCOc1ccc(/C=N\NC(=O)c2cc(Br)ccc2OC)cc1O. The van der Waals surface area contributed by atoms with Gasteiger partial charge in [0.25, 0.3) is 5.91 Å². The summed E-state index contributed by atoms with van der Waals surface area (Å²) < 4.78 is 11.2. The number of amides is 1. The highest BCUT2D eigenvalue weighted by Gasteiger charge is 2.12. The number of hydrogen-bond donors (Lipinski definition) is 2. The van der Waals surface area contributed by atoms with Crippen LogP contribution in [-0.4, -0.2) is 30.9 Å². The molecule has 0 atom stereocenters. The minimum absolute atomic E-state index is 0.0146. The van der Waals surface area contributed by atoms with E-state index >= 15 is 0 Å². The summed E-state index contributed by atoms with van der Waals surface area (Å²) in [6.45, 7) is 2.30. The minimum atomic E-state index is -0.403. The lowest BCUT2D eigenvalue weighted by atomic mass is 10.2. The predicted molar refractivity (Wildman–Crippen MR) is 95.0 cm³/mol. The third-order valence-corrected chi connectivity index (χ3v) is 3.56. The summed E-state index contributed by atoms with van der Waals surface area (Å²) in [5.41, 5.74) is 3.41. The Hall–Kier alpha value is -2.54. The number of carbonyl (C=O) groups is 1. The van der Waals surface area contributed by atoms with Gasteiger partial charge in [-0.05, 0) is 48.9 Å². The fraction of sp³-hybridized carbons (Fsp3) is 0.176. The first-order chi connectivity index (χ1) is 11.5. The summed E-state index contributed by atoms with van der Waals surface area (Å²) in [6.07, 6.45) is 1.43. The van der Waals surface area contributed by atoms with Crippen molar-refractivity contribution in [3.8, 4) is 17.2 Å². The van der Waals surface area contributed by atoms with Gasteiger partial charge >= 0.3 is 0 Å². The Morgan fingerprint density at radius 3 is 2.71 bits per heavy atom. The van der Waals surface area contributed by atoms with Crippen LogP contribution in [-0.2, 0) is 0 Å². The zero-order valence-electron chi connectivity index (χ0n) is 13.2. The molecule has 0 radical (unpaired) electrons. The highest BCUT2D eigenvalue weighted by Crippen LogP contribution is 2.26. The number of carbonyl (C=O) groups excluding carboxylic acids is 1. The number of methoxy groups -OCH3 is 1. The number of ether oxygens (including phenoxy) is 2. The third-order valence-electron chi connectivity index (χ3n) is 3.07. The average Bonchev–Trinajstić information content (AvgIpc) is 2.57. The number of hydrazone groups is 1. The fourth-order valence-corrected chi connectivity index (χ4v) is 2.34. The molecule has 0 aromatic heterocycles. The summed E-state index contributed by atoms with van der Waals surface area (Å²) in [6, 6.07) is 9.97. The zero-order valence-corrected chi connectivity index (χ0v) is 14.8. The number of benzene rings is 2. The molecule has 2 aromatic carbocycles. The number of rotatable bonds is 6. The molecule has 24 heavy (non-hydrogen) atoms. The van der Waals surface area contributed by atoms with E-state index in [4.69, 9.17) is 9.47 Å². The Morgan fingerprint density at radius 1 is 1.29 bits per heavy atom. The average molecular weight is 393 g/mol. The minimum Gasteiger partial charge on any atom is -0.504 e. The maximum absolute atomic E-state index is 12.2. The van der Waals surface area contributed by atoms with Gasteiger partial charge in [0.2, 0.25) is 0 Å². The lowest BCUT2D eigenvalue weighted by molar-refractivity contribution is 0.0952. The van der Waals surface area contributed by atoms with E-state index in [9.17, 15) is 9.90 Å². The highest BCUT2D eigenvalue weighted by atomic mass is 79.9. The van der Waals surface area contributed by atoms with Crippen LogP contribution < -0.4 is 14.9 Å². The topological polar surface area (TPSA) is 80.2 Å². The van der Waals surface area contributed by atoms with Crippen LogP contribution in [0.4, 0.5) is 0 Å². The van der Waals surface area contributed by atoms with E-state index < -0.39 is 5.91 Å². The molecule has 1 amide bonds. The summed E-state index contributed by atoms with van der Waals surface area (Å²) in [4.78, 5) is 12.2. The lowest BCUT2D eigenvalue weighted by Gasteiger charge is -2.07. The summed E-state index contributed by atoms with van der Waals surface area (Å²) in [5, 5.41) is 13.7. The standard InChI is InChI=1S/C17H17BrN2O4/c1-3-24-16-6-4-11(8-14(16)21)10-19-20-17(22)13-9-12(18)5-7-15(13)23-2/h4-10,21H,3H2,1-2H3,(H,20,22)/b19-10-. The van der Waals surface area contributed by atoms with Gasteiger partial charge in [-0.25, -0.2) is 5.43 Å². The van der Waals surface area contributed by atoms with Crippen LogP contribution in [0.1, 0.15) is 22.8 Å². The van der Waals surface area contributed by atoms with E-state index in [0.717, 1.165) is 4.47 Å². The number of nitrogens with zero attached hydrogens (tertiary/aromatic N) is 1. The normalized spacial score (nSPS) is 10.6. The second kappa shape index (κ2) is 8.35. The third kappa shape index (κ3) is 4.48. The molecule has 0 saturated carbocycles. The maximum Gasteiger partial charge on any atom is 0.275 e. The zero-order chi connectivity index (χ0) is 17.5. The summed E-state index contributed by atoms with van der Waals surface area (Å²) >= 11 is 3.31. The van der Waals surface area contributed by atoms with Crippen molar-refractivity contribution in [3.05, 3.63) is 52.0 Å². The predicted octanol–water partition coefficient (Wildman–Crippen LogP) is 3.33. The molecular weight excluding hydrogens is 376 g/mol. The largest absolute Gasteiger partial charge is 0.504 e. The molecule has 0 heterocycles. The summed E-state index contributed by atoms with van der Waals surface area (Å²) in [5.74, 6) is 0.461. The second-order valence-corrected chi connectivity index (χ2v) is 5.62. The van der Waals surface area contributed by atoms with Crippen molar-refractivity contribution in [1.29, 1.82) is 0 Å². The van der Waals surface area contributed by atoms with E-state index in [1.54, 1.807) is 30.3 Å². The number of aromatic hydroxyl groups is 1. The van der Waals surface area contributed by atoms with Crippen molar-refractivity contribution in [2.75, 3.05) is 13.7 Å². The second-order valence-electron chi connectivity index (χ2n) is 4.70. The molecule has 0 aliphatic carbocycles. The van der Waals surface area contributed by atoms with Crippen molar-refractivity contribution in [1.82, 2.24) is 5.43 Å². The van der Waals surface area contributed by atoms with Gasteiger partial charge in [-0.2, -0.15) is 5.10 Å². The quantitative estimate of drug-likeness (QED) is 0.583. The molecule has 0 spiro atoms. The van der Waals surface area contributed by atoms with Gasteiger partial charge < -0.3 is 14.6 Å². The van der Waals surface area contributed by atoms with Crippen LogP contribution in [0, 0.1) is 0 Å². The Bertz CT molecular complexity index is 762. The van der Waals surface area contributed by atoms with Gasteiger partial charge in [0.15, 0.2) is 11.5 Å². The molecule has 6 nitrogen and oxygen atoms in total. The smallest absolute Gasteiger partial charge is 0.275 e. The van der Waals surface area contributed by atoms with Crippen LogP contribution >= 0.6 is 15.9 Å². The molecule has 0 fully saturated rings. The number of phenolic OH excluding ortho intramolecular Hbond substituents is 1. The fourth-order valence-electron chi connectivity index (χ4n) is 1.98. The highest BCUT2D eigenvalue weighted by molar-refractivity contribution is 9.10. The molecule has 0 aliphatic rings. The van der Waals surface area contributed by atoms with E-state index in [2.05, 4.69) is 26.5 Å². The number of nitrogens with one attached hydrogen (secondary N) is 1. The van der Waals surface area contributed by atoms with Crippen molar-refractivity contribution < 1.29 is 19.4 Å².